The van der Waals surface area contributed by atoms with Crippen molar-refractivity contribution in [3.8, 4) is 5.75 Å². The zero-order valence-corrected chi connectivity index (χ0v) is 16.5. The third-order valence-corrected chi connectivity index (χ3v) is 5.50. The van der Waals surface area contributed by atoms with Crippen molar-refractivity contribution >= 4 is 52.1 Å². The van der Waals surface area contributed by atoms with Crippen LogP contribution in [0.15, 0.2) is 52.4 Å². The Labute approximate surface area is 166 Å². The molecule has 0 unspecified atom stereocenters. The van der Waals surface area contributed by atoms with Gasteiger partial charge in [0.1, 0.15) is 12.4 Å². The Morgan fingerprint density at radius 1 is 1.23 bits per heavy atom. The normalized spacial score (nSPS) is 17.4. The molecule has 0 N–H and O–H groups in total. The number of halogens is 2. The fourth-order valence-electron chi connectivity index (χ4n) is 2.39. The van der Waals surface area contributed by atoms with Crippen LogP contribution in [-0.2, 0) is 11.4 Å². The van der Waals surface area contributed by atoms with E-state index in [2.05, 4.69) is 4.99 Å². The van der Waals surface area contributed by atoms with Crippen LogP contribution in [0.3, 0.4) is 0 Å². The van der Waals surface area contributed by atoms with Crippen molar-refractivity contribution in [2.24, 2.45) is 4.99 Å². The van der Waals surface area contributed by atoms with Gasteiger partial charge in [-0.3, -0.25) is 14.7 Å². The number of rotatable bonds is 4. The molecule has 7 heteroatoms. The van der Waals surface area contributed by atoms with Gasteiger partial charge in [-0.1, -0.05) is 41.4 Å². The Balaban J connectivity index is 1.74. The van der Waals surface area contributed by atoms with Gasteiger partial charge in [0.05, 0.1) is 4.91 Å². The van der Waals surface area contributed by atoms with Gasteiger partial charge in [0.25, 0.3) is 5.91 Å². The number of nitrogens with zero attached hydrogens (tertiary/aromatic N) is 2. The van der Waals surface area contributed by atoms with Crippen molar-refractivity contribution in [1.29, 1.82) is 0 Å². The maximum absolute atomic E-state index is 12.2. The number of likely N-dealkylation sites (N-methyl/N-ethyl adjacent to an activating group) is 1. The van der Waals surface area contributed by atoms with Crippen LogP contribution in [0.1, 0.15) is 11.1 Å². The van der Waals surface area contributed by atoms with E-state index >= 15 is 0 Å². The smallest absolute Gasteiger partial charge is 0.266 e. The Hall–Kier alpha value is -1.95. The van der Waals surface area contributed by atoms with Gasteiger partial charge in [0.15, 0.2) is 5.17 Å². The number of amides is 1. The van der Waals surface area contributed by atoms with Gasteiger partial charge < -0.3 is 4.74 Å². The molecule has 2 aromatic rings. The van der Waals surface area contributed by atoms with E-state index in [1.165, 1.54) is 11.8 Å². The number of carbonyl (C=O) groups is 1. The van der Waals surface area contributed by atoms with E-state index in [4.69, 9.17) is 27.9 Å². The number of ether oxygens (including phenoxy) is 1. The minimum atomic E-state index is -0.0603. The van der Waals surface area contributed by atoms with Crippen molar-refractivity contribution in [3.63, 3.8) is 0 Å². The van der Waals surface area contributed by atoms with Crippen molar-refractivity contribution in [3.05, 3.63) is 68.5 Å². The molecule has 0 radical (unpaired) electrons. The van der Waals surface area contributed by atoms with Gasteiger partial charge in [-0.05, 0) is 47.7 Å². The number of aliphatic imine (C=N–C) groups is 1. The molecule has 1 heterocycles. The van der Waals surface area contributed by atoms with Gasteiger partial charge in [-0.2, -0.15) is 0 Å². The Morgan fingerprint density at radius 2 is 2.04 bits per heavy atom. The number of hydrogen-bond donors (Lipinski definition) is 0. The highest BCUT2D eigenvalue weighted by molar-refractivity contribution is 8.18. The summed E-state index contributed by atoms with van der Waals surface area (Å²) in [5.74, 6) is 0.633. The van der Waals surface area contributed by atoms with Crippen LogP contribution in [0.2, 0.25) is 10.0 Å². The van der Waals surface area contributed by atoms with Gasteiger partial charge in [0, 0.05) is 29.7 Å². The minimum Gasteiger partial charge on any atom is -0.489 e. The van der Waals surface area contributed by atoms with Crippen LogP contribution in [-0.4, -0.2) is 30.1 Å². The molecule has 0 aromatic heterocycles. The first-order valence-corrected chi connectivity index (χ1v) is 9.36. The lowest BCUT2D eigenvalue weighted by Gasteiger charge is -2.09. The molecule has 0 aliphatic carbocycles. The molecule has 1 aliphatic rings. The molecule has 0 atom stereocenters. The molecule has 0 bridgehead atoms. The summed E-state index contributed by atoms with van der Waals surface area (Å²) in [6.45, 7) is 0.332. The van der Waals surface area contributed by atoms with Crippen LogP contribution in [0, 0.1) is 0 Å². The van der Waals surface area contributed by atoms with E-state index in [1.807, 2.05) is 36.4 Å². The number of benzene rings is 2. The minimum absolute atomic E-state index is 0.0603. The highest BCUT2D eigenvalue weighted by Crippen LogP contribution is 2.31. The van der Waals surface area contributed by atoms with E-state index in [-0.39, 0.29) is 5.91 Å². The Kier molecular flexibility index (Phi) is 5.91. The fraction of sp³-hybridized carbons (Fsp3) is 0.158. The summed E-state index contributed by atoms with van der Waals surface area (Å²) in [7, 11) is 3.39. The lowest BCUT2D eigenvalue weighted by molar-refractivity contribution is -0.121. The van der Waals surface area contributed by atoms with Crippen molar-refractivity contribution < 1.29 is 9.53 Å². The number of amidine groups is 1. The quantitative estimate of drug-likeness (QED) is 0.662. The van der Waals surface area contributed by atoms with Crippen LogP contribution < -0.4 is 4.74 Å². The number of thioether (sulfide) groups is 1. The molecular formula is C19H16Cl2N2O2S. The SMILES string of the molecule is CN=C1S/C(=C\c2cccc(OCc3ccc(Cl)cc3Cl)c2)C(=O)N1C. The number of hydrogen-bond acceptors (Lipinski definition) is 4. The third kappa shape index (κ3) is 4.23. The van der Waals surface area contributed by atoms with Crippen LogP contribution in [0.4, 0.5) is 0 Å². The predicted octanol–water partition coefficient (Wildman–Crippen LogP) is 5.10. The zero-order chi connectivity index (χ0) is 18.7. The van der Waals surface area contributed by atoms with E-state index in [0.717, 1.165) is 11.1 Å². The van der Waals surface area contributed by atoms with E-state index in [9.17, 15) is 4.79 Å². The monoisotopic (exact) mass is 406 g/mol. The van der Waals surface area contributed by atoms with Gasteiger partial charge in [-0.15, -0.1) is 0 Å². The second-order valence-electron chi connectivity index (χ2n) is 5.58. The van der Waals surface area contributed by atoms with Crippen molar-refractivity contribution in [2.75, 3.05) is 14.1 Å². The second kappa shape index (κ2) is 8.16. The molecule has 4 nitrogen and oxygen atoms in total. The molecule has 1 aliphatic heterocycles. The summed E-state index contributed by atoms with van der Waals surface area (Å²) in [6, 6.07) is 12.9. The first-order valence-electron chi connectivity index (χ1n) is 7.79. The van der Waals surface area contributed by atoms with E-state index in [1.54, 1.807) is 31.1 Å². The first kappa shape index (κ1) is 18.8. The molecule has 3 rings (SSSR count). The molecule has 2 aromatic carbocycles. The molecule has 0 saturated carbocycles. The Bertz CT molecular complexity index is 912. The van der Waals surface area contributed by atoms with Crippen molar-refractivity contribution in [2.45, 2.75) is 6.61 Å². The zero-order valence-electron chi connectivity index (χ0n) is 14.2. The fourth-order valence-corrected chi connectivity index (χ4v) is 3.78. The van der Waals surface area contributed by atoms with E-state index in [0.29, 0.717) is 32.5 Å². The summed E-state index contributed by atoms with van der Waals surface area (Å²) in [5.41, 5.74) is 1.73. The summed E-state index contributed by atoms with van der Waals surface area (Å²) in [6.07, 6.45) is 1.84. The summed E-state index contributed by atoms with van der Waals surface area (Å²) < 4.78 is 5.83. The molecule has 1 saturated heterocycles. The third-order valence-electron chi connectivity index (χ3n) is 3.76. The highest BCUT2D eigenvalue weighted by atomic mass is 35.5. The maximum Gasteiger partial charge on any atom is 0.266 e. The Morgan fingerprint density at radius 3 is 2.73 bits per heavy atom. The molecule has 1 amide bonds. The standard InChI is InChI=1S/C19H16Cl2N2O2S/c1-22-19-23(2)18(24)17(26-19)9-12-4-3-5-15(8-12)25-11-13-6-7-14(20)10-16(13)21/h3-10H,11H2,1-2H3/b17-9-,22-19?. The lowest BCUT2D eigenvalue weighted by atomic mass is 10.2. The van der Waals surface area contributed by atoms with Crippen LogP contribution in [0.25, 0.3) is 6.08 Å². The predicted molar refractivity (Wildman–Crippen MR) is 109 cm³/mol. The lowest BCUT2D eigenvalue weighted by Crippen LogP contribution is -2.23. The summed E-state index contributed by atoms with van der Waals surface area (Å²) in [4.78, 5) is 18.5. The van der Waals surface area contributed by atoms with Gasteiger partial charge >= 0.3 is 0 Å². The van der Waals surface area contributed by atoms with Crippen LogP contribution in [0.5, 0.6) is 5.75 Å². The summed E-state index contributed by atoms with van der Waals surface area (Å²) >= 11 is 13.4. The number of carbonyl (C=O) groups excluding carboxylic acids is 1. The van der Waals surface area contributed by atoms with Gasteiger partial charge in [0.2, 0.25) is 0 Å². The molecule has 1 fully saturated rings. The topological polar surface area (TPSA) is 41.9 Å². The van der Waals surface area contributed by atoms with E-state index < -0.39 is 0 Å². The largest absolute Gasteiger partial charge is 0.489 e. The van der Waals surface area contributed by atoms with Gasteiger partial charge in [-0.25, -0.2) is 0 Å². The maximum atomic E-state index is 12.2. The molecule has 26 heavy (non-hydrogen) atoms. The average molecular weight is 407 g/mol. The summed E-state index contributed by atoms with van der Waals surface area (Å²) in [5, 5.41) is 1.84. The van der Waals surface area contributed by atoms with Crippen LogP contribution >= 0.6 is 35.0 Å². The molecular weight excluding hydrogens is 391 g/mol. The average Bonchev–Trinajstić information content (AvgIpc) is 2.89. The second-order valence-corrected chi connectivity index (χ2v) is 7.43. The molecule has 134 valence electrons. The first-order chi connectivity index (χ1) is 12.5. The molecule has 0 spiro atoms. The van der Waals surface area contributed by atoms with Crippen molar-refractivity contribution in [1.82, 2.24) is 4.90 Å². The highest BCUT2D eigenvalue weighted by Gasteiger charge is 2.29.